The van der Waals surface area contributed by atoms with Crippen molar-refractivity contribution in [1.29, 1.82) is 0 Å². The van der Waals surface area contributed by atoms with Gasteiger partial charge in [-0.05, 0) is 23.8 Å². The third-order valence-electron chi connectivity index (χ3n) is 3.34. The van der Waals surface area contributed by atoms with Crippen molar-refractivity contribution in [3.05, 3.63) is 69.7 Å². The fourth-order valence-corrected chi connectivity index (χ4v) is 2.87. The zero-order valence-corrected chi connectivity index (χ0v) is 12.6. The average molecular weight is 352 g/mol. The van der Waals surface area contributed by atoms with Crippen LogP contribution in [0.1, 0.15) is 23.6 Å². The molecule has 5 heteroatoms. The van der Waals surface area contributed by atoms with Gasteiger partial charge in [0.05, 0.1) is 12.6 Å². The second-order valence-corrected chi connectivity index (χ2v) is 5.56. The third-order valence-corrected chi connectivity index (χ3v) is 4.07. The molecule has 1 heterocycles. The number of benzene rings is 2. The lowest BCUT2D eigenvalue weighted by Gasteiger charge is -2.22. The van der Waals surface area contributed by atoms with Crippen LogP contribution >= 0.6 is 15.9 Å². The number of nitrogens with zero attached hydrogens (tertiary/aromatic N) is 1. The lowest BCUT2D eigenvalue weighted by Crippen LogP contribution is -2.20. The minimum absolute atomic E-state index is 0.0256. The molecule has 1 unspecified atom stereocenters. The van der Waals surface area contributed by atoms with Gasteiger partial charge >= 0.3 is 0 Å². The molecule has 108 valence electrons. The molecule has 0 amide bonds. The normalized spacial score (nSPS) is 18.0. The minimum atomic E-state index is -0.665. The molecule has 2 nitrogen and oxygen atoms in total. The van der Waals surface area contributed by atoms with Crippen molar-refractivity contribution in [3.8, 4) is 0 Å². The van der Waals surface area contributed by atoms with Gasteiger partial charge in [0.25, 0.3) is 0 Å². The van der Waals surface area contributed by atoms with Gasteiger partial charge in [-0.3, -0.25) is 0 Å². The molecule has 1 aliphatic rings. The van der Waals surface area contributed by atoms with E-state index in [1.165, 1.54) is 18.2 Å². The number of rotatable bonds is 2. The topological polar surface area (TPSA) is 21.6 Å². The summed E-state index contributed by atoms with van der Waals surface area (Å²) in [5, 5.41) is 0. The standard InChI is InChI=1S/C16H12BrF2NO/c17-11-5-2-1-4-10(11)14-8-9-21-16(20-14)15-12(18)6-3-7-13(15)19/h1-7,14H,8-9H2. The Balaban J connectivity index is 2.03. The van der Waals surface area contributed by atoms with E-state index in [0.29, 0.717) is 13.0 Å². The van der Waals surface area contributed by atoms with Crippen molar-refractivity contribution in [2.24, 2.45) is 4.99 Å². The molecular formula is C16H12BrF2NO. The number of halogens is 3. The van der Waals surface area contributed by atoms with Crippen LogP contribution in [0.2, 0.25) is 0 Å². The van der Waals surface area contributed by atoms with Gasteiger partial charge in [0, 0.05) is 10.9 Å². The molecule has 0 spiro atoms. The van der Waals surface area contributed by atoms with E-state index in [9.17, 15) is 8.78 Å². The first-order chi connectivity index (χ1) is 10.2. The molecule has 3 rings (SSSR count). The lowest BCUT2D eigenvalue weighted by molar-refractivity contribution is 0.259. The van der Waals surface area contributed by atoms with Gasteiger partial charge in [0.15, 0.2) is 0 Å². The third kappa shape index (κ3) is 2.83. The zero-order valence-electron chi connectivity index (χ0n) is 11.0. The quantitative estimate of drug-likeness (QED) is 0.772. The Labute approximate surface area is 129 Å². The molecule has 0 N–H and O–H groups in total. The summed E-state index contributed by atoms with van der Waals surface area (Å²) in [5.74, 6) is -1.30. The summed E-state index contributed by atoms with van der Waals surface area (Å²) in [6, 6.07) is 11.2. The van der Waals surface area contributed by atoms with Crippen LogP contribution in [0.5, 0.6) is 0 Å². The van der Waals surface area contributed by atoms with E-state index >= 15 is 0 Å². The van der Waals surface area contributed by atoms with Crippen molar-refractivity contribution in [1.82, 2.24) is 0 Å². The maximum Gasteiger partial charge on any atom is 0.222 e. The number of aliphatic imine (C=N–C) groups is 1. The van der Waals surface area contributed by atoms with E-state index in [0.717, 1.165) is 10.0 Å². The highest BCUT2D eigenvalue weighted by Crippen LogP contribution is 2.32. The second kappa shape index (κ2) is 5.93. The molecule has 0 saturated heterocycles. The Morgan fingerprint density at radius 1 is 1.05 bits per heavy atom. The molecule has 1 aliphatic heterocycles. The van der Waals surface area contributed by atoms with Crippen LogP contribution in [-0.2, 0) is 4.74 Å². The molecule has 0 aromatic heterocycles. The molecular weight excluding hydrogens is 340 g/mol. The van der Waals surface area contributed by atoms with Gasteiger partial charge in [-0.15, -0.1) is 0 Å². The summed E-state index contributed by atoms with van der Waals surface area (Å²) in [6.45, 7) is 0.374. The lowest BCUT2D eigenvalue weighted by atomic mass is 10.0. The van der Waals surface area contributed by atoms with Crippen LogP contribution in [-0.4, -0.2) is 12.5 Å². The number of hydrogen-bond donors (Lipinski definition) is 0. The molecule has 21 heavy (non-hydrogen) atoms. The van der Waals surface area contributed by atoms with Crippen molar-refractivity contribution in [2.75, 3.05) is 6.61 Å². The summed E-state index contributed by atoms with van der Waals surface area (Å²) in [5.41, 5.74) is 0.782. The van der Waals surface area contributed by atoms with Crippen LogP contribution in [0.15, 0.2) is 51.9 Å². The fourth-order valence-electron chi connectivity index (χ4n) is 2.32. The summed E-state index contributed by atoms with van der Waals surface area (Å²) in [4.78, 5) is 4.39. The summed E-state index contributed by atoms with van der Waals surface area (Å²) < 4.78 is 34.0. The highest BCUT2D eigenvalue weighted by Gasteiger charge is 2.24. The van der Waals surface area contributed by atoms with Gasteiger partial charge in [-0.2, -0.15) is 0 Å². The Bertz CT molecular complexity index is 682. The van der Waals surface area contributed by atoms with E-state index in [-0.39, 0.29) is 17.5 Å². The van der Waals surface area contributed by atoms with Crippen molar-refractivity contribution < 1.29 is 13.5 Å². The van der Waals surface area contributed by atoms with Crippen molar-refractivity contribution >= 4 is 21.8 Å². The van der Waals surface area contributed by atoms with Crippen LogP contribution in [0, 0.1) is 11.6 Å². The smallest absolute Gasteiger partial charge is 0.222 e. The summed E-state index contributed by atoms with van der Waals surface area (Å²) in [7, 11) is 0. The average Bonchev–Trinajstić information content (AvgIpc) is 2.48. The molecule has 1 atom stereocenters. The number of hydrogen-bond acceptors (Lipinski definition) is 2. The minimum Gasteiger partial charge on any atom is -0.477 e. The molecule has 0 bridgehead atoms. The van der Waals surface area contributed by atoms with Crippen molar-refractivity contribution in [2.45, 2.75) is 12.5 Å². The Morgan fingerprint density at radius 2 is 1.76 bits per heavy atom. The Kier molecular flexibility index (Phi) is 4.01. The van der Waals surface area contributed by atoms with Gasteiger partial charge < -0.3 is 4.74 Å². The summed E-state index contributed by atoms with van der Waals surface area (Å²) >= 11 is 3.48. The van der Waals surface area contributed by atoms with Crippen molar-refractivity contribution in [3.63, 3.8) is 0 Å². The van der Waals surface area contributed by atoms with Crippen LogP contribution in [0.4, 0.5) is 8.78 Å². The van der Waals surface area contributed by atoms with Crippen LogP contribution in [0.3, 0.4) is 0 Å². The van der Waals surface area contributed by atoms with E-state index in [2.05, 4.69) is 20.9 Å². The first-order valence-electron chi connectivity index (χ1n) is 6.56. The maximum absolute atomic E-state index is 13.8. The highest BCUT2D eigenvalue weighted by molar-refractivity contribution is 9.10. The predicted octanol–water partition coefficient (Wildman–Crippen LogP) is 4.64. The molecule has 0 fully saturated rings. The zero-order chi connectivity index (χ0) is 14.8. The first-order valence-corrected chi connectivity index (χ1v) is 7.35. The Morgan fingerprint density at radius 3 is 2.48 bits per heavy atom. The largest absolute Gasteiger partial charge is 0.477 e. The molecule has 2 aromatic carbocycles. The van der Waals surface area contributed by atoms with Gasteiger partial charge in [-0.1, -0.05) is 40.2 Å². The Hall–Kier alpha value is -1.75. The van der Waals surface area contributed by atoms with Gasteiger partial charge in [-0.25, -0.2) is 13.8 Å². The first kappa shape index (κ1) is 14.2. The van der Waals surface area contributed by atoms with E-state index < -0.39 is 11.6 Å². The maximum atomic E-state index is 13.8. The second-order valence-electron chi connectivity index (χ2n) is 4.71. The van der Waals surface area contributed by atoms with E-state index in [1.807, 2.05) is 24.3 Å². The van der Waals surface area contributed by atoms with E-state index in [4.69, 9.17) is 4.74 Å². The van der Waals surface area contributed by atoms with Gasteiger partial charge in [0.1, 0.15) is 17.2 Å². The van der Waals surface area contributed by atoms with E-state index in [1.54, 1.807) is 0 Å². The number of ether oxygens (including phenoxy) is 1. The van der Waals surface area contributed by atoms with Gasteiger partial charge in [0.2, 0.25) is 5.90 Å². The molecule has 0 saturated carbocycles. The SMILES string of the molecule is Fc1cccc(F)c1C1=NC(c2ccccc2Br)CCO1. The fraction of sp³-hybridized carbons (Fsp3) is 0.188. The molecule has 2 aromatic rings. The van der Waals surface area contributed by atoms with Crippen LogP contribution in [0.25, 0.3) is 0 Å². The molecule has 0 aliphatic carbocycles. The van der Waals surface area contributed by atoms with Crippen LogP contribution < -0.4 is 0 Å². The molecule has 0 radical (unpaired) electrons. The predicted molar refractivity (Wildman–Crippen MR) is 80.3 cm³/mol. The highest BCUT2D eigenvalue weighted by atomic mass is 79.9. The summed E-state index contributed by atoms with van der Waals surface area (Å²) in [6.07, 6.45) is 0.669. The monoisotopic (exact) mass is 351 g/mol.